The van der Waals surface area contributed by atoms with Crippen LogP contribution in [0.1, 0.15) is 85.0 Å². The molecule has 4 fully saturated rings. The van der Waals surface area contributed by atoms with Gasteiger partial charge in [-0.3, -0.25) is 4.79 Å². The summed E-state index contributed by atoms with van der Waals surface area (Å²) in [6.45, 7) is 7.32. The highest BCUT2D eigenvalue weighted by Crippen LogP contribution is 2.68. The van der Waals surface area contributed by atoms with Crippen molar-refractivity contribution in [3.8, 4) is 0 Å². The van der Waals surface area contributed by atoms with Gasteiger partial charge in [0.2, 0.25) is 5.91 Å². The van der Waals surface area contributed by atoms with E-state index < -0.39 is 0 Å². The molecule has 5 heteroatoms. The van der Waals surface area contributed by atoms with Gasteiger partial charge in [0.1, 0.15) is 5.82 Å². The van der Waals surface area contributed by atoms with Gasteiger partial charge in [0.15, 0.2) is 0 Å². The number of nitrogens with one attached hydrogen (secondary N) is 1. The monoisotopic (exact) mass is 468 g/mol. The average Bonchev–Trinajstić information content (AvgIpc) is 3.16. The molecular weight excluding hydrogens is 424 g/mol. The molecule has 1 aromatic rings. The highest BCUT2D eigenvalue weighted by atomic mass is 16.3. The zero-order valence-electron chi connectivity index (χ0n) is 21.2. The number of carbonyl (C=O) groups is 1. The molecule has 1 amide bonds. The van der Waals surface area contributed by atoms with Gasteiger partial charge in [-0.25, -0.2) is 4.98 Å². The van der Waals surface area contributed by atoms with Crippen molar-refractivity contribution in [3.05, 3.63) is 24.4 Å². The second-order valence-electron chi connectivity index (χ2n) is 12.7. The van der Waals surface area contributed by atoms with E-state index in [2.05, 4.69) is 31.1 Å². The van der Waals surface area contributed by atoms with E-state index in [4.69, 9.17) is 0 Å². The summed E-state index contributed by atoms with van der Waals surface area (Å²) in [4.78, 5) is 16.7. The van der Waals surface area contributed by atoms with Crippen LogP contribution < -0.4 is 5.32 Å². The van der Waals surface area contributed by atoms with Crippen molar-refractivity contribution >= 4 is 11.7 Å². The van der Waals surface area contributed by atoms with Crippen molar-refractivity contribution < 1.29 is 15.0 Å². The number of hydrogen-bond acceptors (Lipinski definition) is 4. The lowest BCUT2D eigenvalue weighted by atomic mass is 9.43. The van der Waals surface area contributed by atoms with Crippen LogP contribution in [0.2, 0.25) is 0 Å². The minimum Gasteiger partial charge on any atom is -0.393 e. The van der Waals surface area contributed by atoms with E-state index in [1.54, 1.807) is 6.20 Å². The third-order valence-corrected chi connectivity index (χ3v) is 11.2. The first-order chi connectivity index (χ1) is 16.2. The SMILES string of the molecule is C[C@H](CCC(=O)Nc1ccccn1)[C@@H]1CC[C@@H]2[C@H]3[C@@H](CC[C@@]21C)[C@@]1(C)CC[C@@H](O)C[C@@H]1C[C@@H]3O. The molecule has 0 aromatic carbocycles. The van der Waals surface area contributed by atoms with Gasteiger partial charge in [-0.2, -0.15) is 0 Å². The van der Waals surface area contributed by atoms with Crippen molar-refractivity contribution in [2.45, 2.75) is 97.2 Å². The fourth-order valence-corrected chi connectivity index (χ4v) is 9.38. The van der Waals surface area contributed by atoms with Gasteiger partial charge in [-0.1, -0.05) is 26.8 Å². The lowest BCUT2D eigenvalue weighted by molar-refractivity contribution is -0.174. The molecule has 188 valence electrons. The molecule has 1 aromatic heterocycles. The Balaban J connectivity index is 1.25. The molecule has 4 aliphatic carbocycles. The highest BCUT2D eigenvalue weighted by molar-refractivity contribution is 5.89. The fraction of sp³-hybridized carbons (Fsp3) is 0.793. The van der Waals surface area contributed by atoms with Crippen LogP contribution in [0.4, 0.5) is 5.82 Å². The molecule has 1 heterocycles. The largest absolute Gasteiger partial charge is 0.393 e. The van der Waals surface area contributed by atoms with Gasteiger partial charge in [0.05, 0.1) is 12.2 Å². The first-order valence-electron chi connectivity index (χ1n) is 13.8. The first kappa shape index (κ1) is 24.2. The third-order valence-electron chi connectivity index (χ3n) is 11.2. The number of anilines is 1. The van der Waals surface area contributed by atoms with E-state index in [0.717, 1.165) is 32.1 Å². The summed E-state index contributed by atoms with van der Waals surface area (Å²) >= 11 is 0. The lowest BCUT2D eigenvalue weighted by Crippen LogP contribution is -2.58. The number of fused-ring (bicyclic) bond motifs is 5. The van der Waals surface area contributed by atoms with Crippen molar-refractivity contribution in [1.29, 1.82) is 0 Å². The Morgan fingerprint density at radius 1 is 1.09 bits per heavy atom. The van der Waals surface area contributed by atoms with Crippen LogP contribution >= 0.6 is 0 Å². The predicted molar refractivity (Wildman–Crippen MR) is 134 cm³/mol. The molecule has 0 saturated heterocycles. The summed E-state index contributed by atoms with van der Waals surface area (Å²) in [7, 11) is 0. The van der Waals surface area contributed by atoms with Crippen LogP contribution in [-0.2, 0) is 4.79 Å². The number of rotatable bonds is 5. The Kier molecular flexibility index (Phi) is 6.56. The second kappa shape index (κ2) is 9.20. The first-order valence-corrected chi connectivity index (χ1v) is 13.8. The number of nitrogens with zero attached hydrogens (tertiary/aromatic N) is 1. The van der Waals surface area contributed by atoms with Crippen LogP contribution in [-0.4, -0.2) is 33.3 Å². The topological polar surface area (TPSA) is 82.5 Å². The van der Waals surface area contributed by atoms with Crippen LogP contribution in [0.15, 0.2) is 24.4 Å². The zero-order valence-corrected chi connectivity index (χ0v) is 21.2. The van der Waals surface area contributed by atoms with Crippen molar-refractivity contribution in [2.24, 2.45) is 46.3 Å². The summed E-state index contributed by atoms with van der Waals surface area (Å²) in [5.41, 5.74) is 0.536. The minimum atomic E-state index is -0.226. The number of aliphatic hydroxyl groups is 2. The minimum absolute atomic E-state index is 0.0510. The number of carbonyl (C=O) groups excluding carboxylic acids is 1. The Morgan fingerprint density at radius 2 is 1.85 bits per heavy atom. The molecule has 4 aliphatic rings. The number of aromatic nitrogens is 1. The summed E-state index contributed by atoms with van der Waals surface area (Å²) in [6, 6.07) is 5.57. The maximum absolute atomic E-state index is 12.5. The van der Waals surface area contributed by atoms with Gasteiger partial charge in [-0.05, 0) is 116 Å². The zero-order chi connectivity index (χ0) is 24.1. The van der Waals surface area contributed by atoms with E-state index in [1.165, 1.54) is 25.7 Å². The van der Waals surface area contributed by atoms with Crippen LogP contribution in [0, 0.1) is 46.3 Å². The second-order valence-corrected chi connectivity index (χ2v) is 12.7. The van der Waals surface area contributed by atoms with Crippen LogP contribution in [0.25, 0.3) is 0 Å². The third kappa shape index (κ3) is 4.11. The molecule has 0 spiro atoms. The number of pyridine rings is 1. The Hall–Kier alpha value is -1.46. The van der Waals surface area contributed by atoms with E-state index in [1.807, 2.05) is 18.2 Å². The quantitative estimate of drug-likeness (QED) is 0.538. The average molecular weight is 469 g/mol. The summed E-state index contributed by atoms with van der Waals surface area (Å²) in [5.74, 6) is 3.83. The van der Waals surface area contributed by atoms with E-state index in [9.17, 15) is 15.0 Å². The highest BCUT2D eigenvalue weighted by Gasteiger charge is 2.62. The predicted octanol–water partition coefficient (Wildman–Crippen LogP) is 5.43. The number of aliphatic hydroxyl groups excluding tert-OH is 2. The van der Waals surface area contributed by atoms with Crippen LogP contribution in [0.5, 0.6) is 0 Å². The molecule has 34 heavy (non-hydrogen) atoms. The van der Waals surface area contributed by atoms with Gasteiger partial charge in [0.25, 0.3) is 0 Å². The summed E-state index contributed by atoms with van der Waals surface area (Å²) < 4.78 is 0. The Bertz CT molecular complexity index is 877. The Labute approximate surface area is 205 Å². The summed E-state index contributed by atoms with van der Waals surface area (Å²) in [5, 5.41) is 24.6. The maximum atomic E-state index is 12.5. The van der Waals surface area contributed by atoms with E-state index in [-0.39, 0.29) is 28.9 Å². The maximum Gasteiger partial charge on any atom is 0.225 e. The molecule has 0 radical (unpaired) electrons. The smallest absolute Gasteiger partial charge is 0.225 e. The molecule has 0 unspecified atom stereocenters. The molecule has 3 N–H and O–H groups in total. The van der Waals surface area contributed by atoms with Crippen molar-refractivity contribution in [2.75, 3.05) is 5.32 Å². The number of amides is 1. The normalized spacial score (nSPS) is 44.4. The van der Waals surface area contributed by atoms with Gasteiger partial charge in [0, 0.05) is 12.6 Å². The lowest BCUT2D eigenvalue weighted by Gasteiger charge is -2.62. The molecule has 10 atom stereocenters. The molecule has 0 aliphatic heterocycles. The van der Waals surface area contributed by atoms with Crippen LogP contribution in [0.3, 0.4) is 0 Å². The van der Waals surface area contributed by atoms with Gasteiger partial charge < -0.3 is 15.5 Å². The molecule has 4 saturated carbocycles. The fourth-order valence-electron chi connectivity index (χ4n) is 9.38. The number of hydrogen-bond donors (Lipinski definition) is 3. The summed E-state index contributed by atoms with van der Waals surface area (Å²) in [6.07, 6.45) is 11.4. The van der Waals surface area contributed by atoms with Gasteiger partial charge >= 0.3 is 0 Å². The molecule has 5 rings (SSSR count). The molecule has 0 bridgehead atoms. The standard InChI is InChI=1S/C29H44N2O3/c1-18(7-10-26(34)31-25-6-4-5-15-30-25)21-8-9-22-27-23(12-14-29(21,22)3)28(2)13-11-20(32)16-19(28)17-24(27)33/h4-6,15,18-24,27,32-33H,7-14,16-17H2,1-3H3,(H,30,31,34)/t18-,19-,20-,21+,22-,23-,24+,27+,28+,29-/m1/s1. The molecule has 5 nitrogen and oxygen atoms in total. The van der Waals surface area contributed by atoms with E-state index >= 15 is 0 Å². The van der Waals surface area contributed by atoms with Crippen molar-refractivity contribution in [3.63, 3.8) is 0 Å². The van der Waals surface area contributed by atoms with Gasteiger partial charge in [-0.15, -0.1) is 0 Å². The van der Waals surface area contributed by atoms with E-state index in [0.29, 0.717) is 47.7 Å². The van der Waals surface area contributed by atoms with Crippen molar-refractivity contribution in [1.82, 2.24) is 4.98 Å². The molecular formula is C29H44N2O3. The Morgan fingerprint density at radius 3 is 2.62 bits per heavy atom.